The van der Waals surface area contributed by atoms with E-state index in [1.54, 1.807) is 13.8 Å². The van der Waals surface area contributed by atoms with Crippen LogP contribution in [0.25, 0.3) is 0 Å². The van der Waals surface area contributed by atoms with Crippen LogP contribution < -0.4 is 10.6 Å². The molecule has 1 saturated carbocycles. The second-order valence-electron chi connectivity index (χ2n) is 5.76. The lowest BCUT2D eigenvalue weighted by Gasteiger charge is -2.18. The first kappa shape index (κ1) is 16.5. The molecule has 1 aliphatic rings. The van der Waals surface area contributed by atoms with Crippen LogP contribution in [0.1, 0.15) is 46.0 Å². The maximum Gasteiger partial charge on any atom is 0.326 e. The predicted molar refractivity (Wildman–Crippen MR) is 74.0 cm³/mol. The molecule has 0 aromatic rings. The maximum absolute atomic E-state index is 11.6. The second-order valence-corrected chi connectivity index (χ2v) is 5.76. The van der Waals surface area contributed by atoms with Gasteiger partial charge in [-0.2, -0.15) is 0 Å². The molecule has 0 aliphatic heterocycles. The Morgan fingerprint density at radius 2 is 1.75 bits per heavy atom. The summed E-state index contributed by atoms with van der Waals surface area (Å²) in [6, 6.07) is -0.922. The molecule has 1 aliphatic carbocycles. The van der Waals surface area contributed by atoms with E-state index >= 15 is 0 Å². The molecule has 0 spiro atoms. The molecule has 0 saturated heterocycles. The number of carboxylic acid groups (broad SMARTS) is 1. The van der Waals surface area contributed by atoms with E-state index in [4.69, 9.17) is 5.11 Å². The lowest BCUT2D eigenvalue weighted by Crippen LogP contribution is -2.48. The van der Waals surface area contributed by atoms with Gasteiger partial charge in [0.25, 0.3) is 0 Å². The summed E-state index contributed by atoms with van der Waals surface area (Å²) in [7, 11) is 0. The van der Waals surface area contributed by atoms with Gasteiger partial charge in [-0.25, -0.2) is 4.79 Å². The van der Waals surface area contributed by atoms with E-state index in [1.165, 1.54) is 12.8 Å². The third-order valence-electron chi connectivity index (χ3n) is 3.64. The average Bonchev–Trinajstić information content (AvgIpc) is 2.85. The number of carbonyl (C=O) groups excluding carboxylic acids is 2. The molecule has 3 N–H and O–H groups in total. The Morgan fingerprint density at radius 3 is 2.25 bits per heavy atom. The standard InChI is InChI=1S/C14H24N2O4/c1-9(2)13(14(19)20)16-12(18)8-15-11(17)7-10-5-3-4-6-10/h9-10,13H,3-8H2,1-2H3,(H,15,17)(H,16,18)(H,19,20)/t13-/m1/s1. The Morgan fingerprint density at radius 1 is 1.15 bits per heavy atom. The molecule has 6 nitrogen and oxygen atoms in total. The van der Waals surface area contributed by atoms with E-state index in [2.05, 4.69) is 10.6 Å². The zero-order valence-corrected chi connectivity index (χ0v) is 12.1. The Labute approximate surface area is 119 Å². The van der Waals surface area contributed by atoms with Gasteiger partial charge in [-0.1, -0.05) is 26.7 Å². The van der Waals surface area contributed by atoms with Crippen molar-refractivity contribution in [1.82, 2.24) is 10.6 Å². The van der Waals surface area contributed by atoms with Crippen molar-refractivity contribution < 1.29 is 19.5 Å². The highest BCUT2D eigenvalue weighted by Crippen LogP contribution is 2.27. The minimum absolute atomic E-state index is 0.136. The zero-order chi connectivity index (χ0) is 15.1. The number of carboxylic acids is 1. The van der Waals surface area contributed by atoms with Crippen molar-refractivity contribution >= 4 is 17.8 Å². The van der Waals surface area contributed by atoms with E-state index < -0.39 is 17.9 Å². The first-order chi connectivity index (χ1) is 9.40. The van der Waals surface area contributed by atoms with Gasteiger partial charge in [-0.05, 0) is 24.7 Å². The summed E-state index contributed by atoms with van der Waals surface area (Å²) in [6.45, 7) is 3.28. The van der Waals surface area contributed by atoms with Crippen molar-refractivity contribution in [2.45, 2.75) is 52.0 Å². The monoisotopic (exact) mass is 284 g/mol. The third-order valence-corrected chi connectivity index (χ3v) is 3.64. The highest BCUT2D eigenvalue weighted by molar-refractivity contribution is 5.88. The van der Waals surface area contributed by atoms with Gasteiger partial charge in [0, 0.05) is 6.42 Å². The zero-order valence-electron chi connectivity index (χ0n) is 12.1. The van der Waals surface area contributed by atoms with Crippen molar-refractivity contribution in [3.05, 3.63) is 0 Å². The van der Waals surface area contributed by atoms with Crippen molar-refractivity contribution in [3.8, 4) is 0 Å². The van der Waals surface area contributed by atoms with E-state index in [0.29, 0.717) is 12.3 Å². The van der Waals surface area contributed by atoms with E-state index in [1.807, 2.05) is 0 Å². The number of hydrogen-bond acceptors (Lipinski definition) is 3. The number of aliphatic carboxylic acids is 1. The molecule has 0 radical (unpaired) electrons. The van der Waals surface area contributed by atoms with Crippen molar-refractivity contribution in [2.24, 2.45) is 11.8 Å². The van der Waals surface area contributed by atoms with Crippen molar-refractivity contribution in [1.29, 1.82) is 0 Å². The normalized spacial score (nSPS) is 16.9. The van der Waals surface area contributed by atoms with Crippen LogP contribution in [0, 0.1) is 11.8 Å². The van der Waals surface area contributed by atoms with E-state index in [0.717, 1.165) is 12.8 Å². The Bertz CT molecular complexity index is 362. The average molecular weight is 284 g/mol. The summed E-state index contributed by atoms with van der Waals surface area (Å²) >= 11 is 0. The fourth-order valence-electron chi connectivity index (χ4n) is 2.47. The number of nitrogens with one attached hydrogen (secondary N) is 2. The summed E-state index contributed by atoms with van der Waals surface area (Å²) in [6.07, 6.45) is 4.96. The first-order valence-electron chi connectivity index (χ1n) is 7.19. The molecule has 6 heteroatoms. The lowest BCUT2D eigenvalue weighted by atomic mass is 10.0. The minimum atomic E-state index is -1.06. The smallest absolute Gasteiger partial charge is 0.326 e. The molecule has 0 heterocycles. The third kappa shape index (κ3) is 5.59. The SMILES string of the molecule is CC(C)[C@@H](NC(=O)CNC(=O)CC1CCCC1)C(=O)O. The van der Waals surface area contributed by atoms with E-state index in [9.17, 15) is 14.4 Å². The fraction of sp³-hybridized carbons (Fsp3) is 0.786. The van der Waals surface area contributed by atoms with Crippen LogP contribution in [0.15, 0.2) is 0 Å². The summed E-state index contributed by atoms with van der Waals surface area (Å²) < 4.78 is 0. The summed E-state index contributed by atoms with van der Waals surface area (Å²) in [5.41, 5.74) is 0. The molecule has 2 amide bonds. The molecule has 0 unspecified atom stereocenters. The minimum Gasteiger partial charge on any atom is -0.480 e. The largest absolute Gasteiger partial charge is 0.480 e. The van der Waals surface area contributed by atoms with Gasteiger partial charge in [0.05, 0.1) is 6.54 Å². The predicted octanol–water partition coefficient (Wildman–Crippen LogP) is 0.908. The summed E-state index contributed by atoms with van der Waals surface area (Å²) in [5, 5.41) is 13.9. The highest BCUT2D eigenvalue weighted by atomic mass is 16.4. The molecule has 0 bridgehead atoms. The molecule has 0 aromatic carbocycles. The molecule has 1 fully saturated rings. The van der Waals surface area contributed by atoms with Crippen LogP contribution in [0.4, 0.5) is 0 Å². The quantitative estimate of drug-likeness (QED) is 0.647. The van der Waals surface area contributed by atoms with Crippen LogP contribution in [-0.2, 0) is 14.4 Å². The summed E-state index contributed by atoms with van der Waals surface area (Å²) in [5.74, 6) is -1.44. The fourth-order valence-corrected chi connectivity index (χ4v) is 2.47. The molecule has 20 heavy (non-hydrogen) atoms. The van der Waals surface area contributed by atoms with E-state index in [-0.39, 0.29) is 18.4 Å². The number of rotatable bonds is 7. The number of carbonyl (C=O) groups is 3. The van der Waals surface area contributed by atoms with Gasteiger partial charge in [0.2, 0.25) is 11.8 Å². The molecule has 0 aromatic heterocycles. The van der Waals surface area contributed by atoms with Crippen LogP contribution >= 0.6 is 0 Å². The molecule has 1 rings (SSSR count). The van der Waals surface area contributed by atoms with Gasteiger partial charge < -0.3 is 15.7 Å². The highest BCUT2D eigenvalue weighted by Gasteiger charge is 2.24. The van der Waals surface area contributed by atoms with Gasteiger partial charge in [0.15, 0.2) is 0 Å². The number of amides is 2. The van der Waals surface area contributed by atoms with Gasteiger partial charge in [0.1, 0.15) is 6.04 Å². The topological polar surface area (TPSA) is 95.5 Å². The molecule has 114 valence electrons. The van der Waals surface area contributed by atoms with Gasteiger partial charge in [-0.15, -0.1) is 0 Å². The Balaban J connectivity index is 2.27. The molecular weight excluding hydrogens is 260 g/mol. The molecule has 1 atom stereocenters. The maximum atomic E-state index is 11.6. The summed E-state index contributed by atoms with van der Waals surface area (Å²) in [4.78, 5) is 34.2. The second kappa shape index (κ2) is 7.87. The van der Waals surface area contributed by atoms with Crippen LogP contribution in [0.2, 0.25) is 0 Å². The van der Waals surface area contributed by atoms with Crippen molar-refractivity contribution in [3.63, 3.8) is 0 Å². The van der Waals surface area contributed by atoms with Crippen molar-refractivity contribution in [2.75, 3.05) is 6.54 Å². The number of hydrogen-bond donors (Lipinski definition) is 3. The van der Waals surface area contributed by atoms with Gasteiger partial charge >= 0.3 is 5.97 Å². The molecular formula is C14H24N2O4. The van der Waals surface area contributed by atoms with Crippen LogP contribution in [0.3, 0.4) is 0 Å². The first-order valence-corrected chi connectivity index (χ1v) is 7.19. The van der Waals surface area contributed by atoms with Crippen LogP contribution in [-0.4, -0.2) is 35.5 Å². The Hall–Kier alpha value is -1.59. The Kier molecular flexibility index (Phi) is 6.48. The van der Waals surface area contributed by atoms with Crippen LogP contribution in [0.5, 0.6) is 0 Å². The lowest BCUT2D eigenvalue weighted by molar-refractivity contribution is -0.143. The van der Waals surface area contributed by atoms with Gasteiger partial charge in [-0.3, -0.25) is 9.59 Å².